The Kier molecular flexibility index (Phi) is 3.22. The second kappa shape index (κ2) is 5.15. The molecule has 4 atom stereocenters. The largest absolute Gasteiger partial charge is 0.388 e. The van der Waals surface area contributed by atoms with Gasteiger partial charge in [-0.2, -0.15) is 0 Å². The molecule has 2 aromatic heterocycles. The van der Waals surface area contributed by atoms with E-state index in [1.54, 1.807) is 13.0 Å². The number of hydrogen-bond acceptors (Lipinski definition) is 6. The number of ether oxygens (including phenoxy) is 2. The van der Waals surface area contributed by atoms with Gasteiger partial charge in [-0.15, -0.1) is 0 Å². The molecule has 2 aliphatic rings. The molecule has 0 spiro atoms. The van der Waals surface area contributed by atoms with Crippen molar-refractivity contribution in [1.29, 1.82) is 0 Å². The fourth-order valence-electron chi connectivity index (χ4n) is 3.08. The summed E-state index contributed by atoms with van der Waals surface area (Å²) in [7, 11) is 0. The number of nitrogens with zero attached hydrogens (tertiary/aromatic N) is 2. The Balaban J connectivity index is 1.58. The molecule has 1 amide bonds. The Hall–Kier alpha value is -2.23. The molecule has 9 heteroatoms. The minimum absolute atomic E-state index is 0.0636. The van der Waals surface area contributed by atoms with Crippen molar-refractivity contribution >= 4 is 11.6 Å². The summed E-state index contributed by atoms with van der Waals surface area (Å²) in [6, 6.07) is 1.31. The lowest BCUT2D eigenvalue weighted by molar-refractivity contribution is 0.0178. The first kappa shape index (κ1) is 14.4. The molecule has 23 heavy (non-hydrogen) atoms. The highest BCUT2D eigenvalue weighted by atomic mass is 16.6. The smallest absolute Gasteiger partial charge is 0.285 e. The number of aryl methyl sites for hydroxylation is 1. The second-order valence-electron chi connectivity index (χ2n) is 5.85. The quantitative estimate of drug-likeness (QED) is 0.625. The number of aliphatic hydroxyl groups is 1. The van der Waals surface area contributed by atoms with Gasteiger partial charge in [-0.05, 0) is 6.92 Å². The van der Waals surface area contributed by atoms with E-state index in [4.69, 9.17) is 9.47 Å². The van der Waals surface area contributed by atoms with Gasteiger partial charge in [0.1, 0.15) is 23.9 Å². The Morgan fingerprint density at radius 1 is 1.43 bits per heavy atom. The third-order valence-electron chi connectivity index (χ3n) is 4.21. The van der Waals surface area contributed by atoms with Crippen LogP contribution >= 0.6 is 0 Å². The van der Waals surface area contributed by atoms with Crippen LogP contribution in [0.15, 0.2) is 17.1 Å². The molecular weight excluding hydrogens is 304 g/mol. The zero-order valence-electron chi connectivity index (χ0n) is 12.4. The SMILES string of the molecule is Cc1cc2ncc(C(=O)N[C@H]3CO[C@H]4[C@@H]3OC[C@@H]4O)c(=O)n2[nH]1. The summed E-state index contributed by atoms with van der Waals surface area (Å²) in [5, 5.41) is 15.3. The number of fused-ring (bicyclic) bond motifs is 2. The zero-order valence-corrected chi connectivity index (χ0v) is 12.4. The van der Waals surface area contributed by atoms with Gasteiger partial charge in [0.15, 0.2) is 5.65 Å². The van der Waals surface area contributed by atoms with Crippen molar-refractivity contribution in [3.05, 3.63) is 33.9 Å². The highest BCUT2D eigenvalue weighted by Crippen LogP contribution is 2.26. The first-order valence-corrected chi connectivity index (χ1v) is 7.34. The fraction of sp³-hybridized carbons (Fsp3) is 0.500. The van der Waals surface area contributed by atoms with Crippen molar-refractivity contribution < 1.29 is 19.4 Å². The highest BCUT2D eigenvalue weighted by molar-refractivity contribution is 5.94. The summed E-state index contributed by atoms with van der Waals surface area (Å²) >= 11 is 0. The van der Waals surface area contributed by atoms with Gasteiger partial charge in [0.25, 0.3) is 11.5 Å². The van der Waals surface area contributed by atoms with Crippen LogP contribution in [-0.2, 0) is 9.47 Å². The molecule has 4 rings (SSSR count). The molecule has 2 fully saturated rings. The third kappa shape index (κ3) is 2.24. The van der Waals surface area contributed by atoms with Gasteiger partial charge in [-0.25, -0.2) is 9.50 Å². The van der Waals surface area contributed by atoms with Crippen molar-refractivity contribution in [1.82, 2.24) is 19.9 Å². The van der Waals surface area contributed by atoms with Crippen molar-refractivity contribution in [2.24, 2.45) is 0 Å². The minimum Gasteiger partial charge on any atom is -0.388 e. The molecule has 0 unspecified atom stereocenters. The standard InChI is InChI=1S/C14H16N4O5/c1-6-2-10-15-3-7(14(21)18(10)17-6)13(20)16-8-4-22-12-9(19)5-23-11(8)12/h2-3,8-9,11-12,17,19H,4-5H2,1H3,(H,16,20)/t8-,9-,11+,12+/m0/s1. The lowest BCUT2D eigenvalue weighted by Crippen LogP contribution is -2.45. The van der Waals surface area contributed by atoms with E-state index in [1.807, 2.05) is 0 Å². The third-order valence-corrected chi connectivity index (χ3v) is 4.21. The maximum atomic E-state index is 12.4. The van der Waals surface area contributed by atoms with E-state index in [-0.39, 0.29) is 18.8 Å². The highest BCUT2D eigenvalue weighted by Gasteiger charge is 2.47. The molecule has 0 radical (unpaired) electrons. The number of carbonyl (C=O) groups excluding carboxylic acids is 1. The number of aliphatic hydroxyl groups excluding tert-OH is 1. The fourth-order valence-corrected chi connectivity index (χ4v) is 3.08. The molecule has 122 valence electrons. The second-order valence-corrected chi connectivity index (χ2v) is 5.85. The summed E-state index contributed by atoms with van der Waals surface area (Å²) in [5.41, 5.74) is 0.692. The van der Waals surface area contributed by atoms with Gasteiger partial charge < -0.3 is 19.9 Å². The number of amides is 1. The van der Waals surface area contributed by atoms with E-state index in [0.717, 1.165) is 5.69 Å². The van der Waals surface area contributed by atoms with Crippen LogP contribution in [0.4, 0.5) is 0 Å². The van der Waals surface area contributed by atoms with Crippen LogP contribution in [0.1, 0.15) is 16.1 Å². The maximum Gasteiger partial charge on any atom is 0.285 e. The average Bonchev–Trinajstić information content (AvgIpc) is 3.17. The molecule has 0 aromatic carbocycles. The van der Waals surface area contributed by atoms with Crippen LogP contribution in [0.3, 0.4) is 0 Å². The number of rotatable bonds is 2. The van der Waals surface area contributed by atoms with Gasteiger partial charge in [0.2, 0.25) is 0 Å². The number of hydrogen-bond donors (Lipinski definition) is 3. The van der Waals surface area contributed by atoms with Gasteiger partial charge in [0.05, 0.1) is 19.3 Å². The molecule has 4 heterocycles. The Bertz CT molecular complexity index is 828. The van der Waals surface area contributed by atoms with Gasteiger partial charge in [-0.1, -0.05) is 0 Å². The van der Waals surface area contributed by atoms with E-state index in [2.05, 4.69) is 15.4 Å². The summed E-state index contributed by atoms with van der Waals surface area (Å²) in [6.45, 7) is 2.21. The van der Waals surface area contributed by atoms with Crippen LogP contribution < -0.4 is 10.9 Å². The Labute approximate surface area is 130 Å². The van der Waals surface area contributed by atoms with Crippen molar-refractivity contribution in [2.45, 2.75) is 31.3 Å². The van der Waals surface area contributed by atoms with Crippen molar-refractivity contribution in [3.8, 4) is 0 Å². The van der Waals surface area contributed by atoms with Crippen LogP contribution in [0.5, 0.6) is 0 Å². The molecule has 0 saturated carbocycles. The Morgan fingerprint density at radius 2 is 2.22 bits per heavy atom. The molecule has 2 saturated heterocycles. The summed E-state index contributed by atoms with van der Waals surface area (Å²) in [5.74, 6) is -0.539. The monoisotopic (exact) mass is 320 g/mol. The molecule has 3 N–H and O–H groups in total. The van der Waals surface area contributed by atoms with Crippen molar-refractivity contribution in [3.63, 3.8) is 0 Å². The molecule has 9 nitrogen and oxygen atoms in total. The zero-order chi connectivity index (χ0) is 16.1. The number of nitrogens with one attached hydrogen (secondary N) is 2. The van der Waals surface area contributed by atoms with Crippen molar-refractivity contribution in [2.75, 3.05) is 13.2 Å². The van der Waals surface area contributed by atoms with Gasteiger partial charge in [-0.3, -0.25) is 14.7 Å². The first-order valence-electron chi connectivity index (χ1n) is 7.34. The molecular formula is C14H16N4O5. The van der Waals surface area contributed by atoms with Crippen LogP contribution in [-0.4, -0.2) is 63.2 Å². The normalized spacial score (nSPS) is 29.8. The van der Waals surface area contributed by atoms with E-state index in [0.29, 0.717) is 5.65 Å². The van der Waals surface area contributed by atoms with Crippen LogP contribution in [0.2, 0.25) is 0 Å². The lowest BCUT2D eigenvalue weighted by Gasteiger charge is -2.17. The van der Waals surface area contributed by atoms with Gasteiger partial charge in [0, 0.05) is 18.0 Å². The van der Waals surface area contributed by atoms with E-state index < -0.39 is 35.8 Å². The first-order chi connectivity index (χ1) is 11.0. The molecule has 2 aliphatic heterocycles. The number of carbonyl (C=O) groups is 1. The predicted octanol–water partition coefficient (Wildman–Crippen LogP) is -1.41. The van der Waals surface area contributed by atoms with E-state index in [1.165, 1.54) is 10.7 Å². The van der Waals surface area contributed by atoms with E-state index >= 15 is 0 Å². The number of aromatic nitrogens is 3. The van der Waals surface area contributed by atoms with E-state index in [9.17, 15) is 14.7 Å². The van der Waals surface area contributed by atoms with Crippen LogP contribution in [0.25, 0.3) is 5.65 Å². The van der Waals surface area contributed by atoms with Crippen LogP contribution in [0, 0.1) is 6.92 Å². The average molecular weight is 320 g/mol. The minimum atomic E-state index is -0.688. The number of H-pyrrole nitrogens is 1. The molecule has 0 bridgehead atoms. The maximum absolute atomic E-state index is 12.4. The summed E-state index contributed by atoms with van der Waals surface area (Å²) < 4.78 is 12.1. The lowest BCUT2D eigenvalue weighted by atomic mass is 10.1. The molecule has 2 aromatic rings. The van der Waals surface area contributed by atoms with Gasteiger partial charge >= 0.3 is 0 Å². The predicted molar refractivity (Wildman–Crippen MR) is 77.3 cm³/mol. The summed E-state index contributed by atoms with van der Waals surface area (Å²) in [4.78, 5) is 28.9. The topological polar surface area (TPSA) is 118 Å². The summed E-state index contributed by atoms with van der Waals surface area (Å²) in [6.07, 6.45) is -0.264. The molecule has 0 aliphatic carbocycles. The Morgan fingerprint density at radius 3 is 3.04 bits per heavy atom. The number of aromatic amines is 1.